The molecule has 1 aliphatic carbocycles. The van der Waals surface area contributed by atoms with Gasteiger partial charge in [-0.25, -0.2) is 4.79 Å². The molecule has 1 aromatic carbocycles. The average molecular weight is 686 g/mol. The number of likely N-dealkylation sites (tertiary alicyclic amines) is 1. The topological polar surface area (TPSA) is 135 Å². The molecule has 2 fully saturated rings. The Balaban J connectivity index is 1.48. The number of allylic oxidation sites excluding steroid dienone is 2. The van der Waals surface area contributed by atoms with Crippen LogP contribution in [0, 0.1) is 21.3 Å². The zero-order valence-electron chi connectivity index (χ0n) is 23.6. The number of methoxy groups -OCH3 is 2. The van der Waals surface area contributed by atoms with E-state index in [1.54, 1.807) is 12.3 Å². The molecule has 0 bridgehead atoms. The number of aromatic nitrogens is 1. The van der Waals surface area contributed by atoms with E-state index < -0.39 is 48.9 Å². The fourth-order valence-corrected chi connectivity index (χ4v) is 7.15. The molecule has 220 valence electrons. The number of benzene rings is 1. The van der Waals surface area contributed by atoms with Gasteiger partial charge in [-0.1, -0.05) is 18.6 Å². The fraction of sp³-hybridized carbons (Fsp3) is 0.400. The molecule has 1 aromatic heterocycles. The molecular formula is C30H32BIN2O8. The second-order valence-electron chi connectivity index (χ2n) is 10.6. The summed E-state index contributed by atoms with van der Waals surface area (Å²) in [6, 6.07) is 9.27. The predicted octanol–water partition coefficient (Wildman–Crippen LogP) is 4.69. The number of hydrogen-bond donors (Lipinski definition) is 2. The molecule has 3 amide bonds. The monoisotopic (exact) mass is 686 g/mol. The third-order valence-corrected chi connectivity index (χ3v) is 9.20. The van der Waals surface area contributed by atoms with Gasteiger partial charge >= 0.3 is 13.2 Å². The minimum absolute atomic E-state index is 0.0746. The van der Waals surface area contributed by atoms with E-state index >= 15 is 0 Å². The first kappa shape index (κ1) is 30.2. The van der Waals surface area contributed by atoms with Gasteiger partial charge in [-0.2, -0.15) is 4.90 Å². The third kappa shape index (κ3) is 5.59. The summed E-state index contributed by atoms with van der Waals surface area (Å²) >= 11 is 2.06. The van der Waals surface area contributed by atoms with Gasteiger partial charge in [-0.3, -0.25) is 14.6 Å². The number of nitrogens with zero attached hydrogens (tertiary/aromatic N) is 2. The van der Waals surface area contributed by atoms with Crippen LogP contribution in [0.5, 0.6) is 11.5 Å². The predicted molar refractivity (Wildman–Crippen MR) is 163 cm³/mol. The van der Waals surface area contributed by atoms with E-state index in [-0.39, 0.29) is 12.1 Å². The molecular weight excluding hydrogens is 654 g/mol. The summed E-state index contributed by atoms with van der Waals surface area (Å²) in [7, 11) is 1.52. The lowest BCUT2D eigenvalue weighted by molar-refractivity contribution is -0.137. The molecule has 5 rings (SSSR count). The Bertz CT molecular complexity index is 1460. The lowest BCUT2D eigenvalue weighted by Gasteiger charge is -2.43. The third-order valence-electron chi connectivity index (χ3n) is 8.37. The lowest BCUT2D eigenvalue weighted by atomic mass is 9.58. The molecule has 42 heavy (non-hydrogen) atoms. The van der Waals surface area contributed by atoms with Gasteiger partial charge in [0.05, 0.1) is 41.4 Å². The highest BCUT2D eigenvalue weighted by atomic mass is 127. The van der Waals surface area contributed by atoms with Gasteiger partial charge in [-0.15, -0.1) is 0 Å². The van der Waals surface area contributed by atoms with Crippen LogP contribution in [0.3, 0.4) is 0 Å². The SMILES string of the molecule is CCC1=C2[C@@H](CC/C(=C/c3cc(I)c(O)c(OC)c3)c3ccccn3)OB(O)C[C@@H]2[C@@H]2C(=O)N(C(=O)OC)C(=O)[C@@H]2C1. The number of pyridine rings is 1. The van der Waals surface area contributed by atoms with Crippen molar-refractivity contribution in [3.05, 3.63) is 62.5 Å². The van der Waals surface area contributed by atoms with Crippen LogP contribution in [-0.2, 0) is 19.0 Å². The van der Waals surface area contributed by atoms with Gasteiger partial charge < -0.3 is 24.3 Å². The summed E-state index contributed by atoms with van der Waals surface area (Å²) in [6.45, 7) is 2.00. The average Bonchev–Trinajstić information content (AvgIpc) is 3.25. The van der Waals surface area contributed by atoms with Crippen LogP contribution in [0.15, 0.2) is 47.7 Å². The number of rotatable bonds is 7. The number of hydrogen-bond acceptors (Lipinski definition) is 9. The normalized spacial score (nSPS) is 24.1. The molecule has 0 saturated carbocycles. The number of halogens is 1. The summed E-state index contributed by atoms with van der Waals surface area (Å²) in [5.74, 6) is -2.52. The molecule has 4 atom stereocenters. The van der Waals surface area contributed by atoms with E-state index in [2.05, 4.69) is 27.6 Å². The maximum Gasteiger partial charge on any atom is 0.455 e. The van der Waals surface area contributed by atoms with Crippen LogP contribution in [0.4, 0.5) is 4.79 Å². The van der Waals surface area contributed by atoms with Crippen molar-refractivity contribution in [3.8, 4) is 11.5 Å². The van der Waals surface area contributed by atoms with Gasteiger partial charge in [0.2, 0.25) is 11.8 Å². The zero-order valence-corrected chi connectivity index (χ0v) is 25.7. The molecule has 2 saturated heterocycles. The van der Waals surface area contributed by atoms with Crippen molar-refractivity contribution in [1.82, 2.24) is 9.88 Å². The van der Waals surface area contributed by atoms with Gasteiger partial charge in [-0.05, 0) is 108 Å². The molecule has 3 heterocycles. The summed E-state index contributed by atoms with van der Waals surface area (Å²) < 4.78 is 16.8. The van der Waals surface area contributed by atoms with Crippen LogP contribution in [0.1, 0.15) is 43.9 Å². The Morgan fingerprint density at radius 2 is 2.02 bits per heavy atom. The quantitative estimate of drug-likeness (QED) is 0.184. The largest absolute Gasteiger partial charge is 0.504 e. The van der Waals surface area contributed by atoms with Gasteiger partial charge in [0.25, 0.3) is 0 Å². The molecule has 0 unspecified atom stereocenters. The Kier molecular flexibility index (Phi) is 9.04. The second-order valence-corrected chi connectivity index (χ2v) is 11.8. The van der Waals surface area contributed by atoms with Crippen LogP contribution in [0.2, 0.25) is 6.32 Å². The molecule has 10 nitrogen and oxygen atoms in total. The van der Waals surface area contributed by atoms with Crippen LogP contribution >= 0.6 is 22.6 Å². The Labute approximate surface area is 258 Å². The molecule has 0 spiro atoms. The summed E-state index contributed by atoms with van der Waals surface area (Å²) in [4.78, 5) is 44.0. The first-order valence-electron chi connectivity index (χ1n) is 13.9. The number of phenolic OH excluding ortho intramolecular Hbond substituents is 1. The summed E-state index contributed by atoms with van der Waals surface area (Å²) in [5.41, 5.74) is 4.47. The summed E-state index contributed by atoms with van der Waals surface area (Å²) in [6.07, 6.45) is 4.42. The van der Waals surface area contributed by atoms with Crippen molar-refractivity contribution in [2.24, 2.45) is 17.8 Å². The first-order chi connectivity index (χ1) is 20.2. The van der Waals surface area contributed by atoms with E-state index in [4.69, 9.17) is 14.1 Å². The molecule has 12 heteroatoms. The molecule has 3 aliphatic rings. The number of aromatic hydroxyl groups is 1. The number of carbonyl (C=O) groups excluding carboxylic acids is 3. The lowest BCUT2D eigenvalue weighted by Crippen LogP contribution is -2.46. The minimum atomic E-state index is -1.12. The maximum atomic E-state index is 13.4. The smallest absolute Gasteiger partial charge is 0.455 e. The standard InChI is InChI=1S/C30H32BIN2O8/c1-4-17-14-19-26(29(37)34(28(19)36)30(38)41-3)20-15-31(39)42-23(25(17)20)9-8-18(22-7-5-6-10-33-22)11-16-12-21(32)27(35)24(13-16)40-2/h5-7,10-13,19-20,23,26,35,39H,4,8-9,14-15H2,1-3H3/b18-11-/t19-,20+,23-,26-/m1/s1. The first-order valence-corrected chi connectivity index (χ1v) is 15.0. The zero-order chi connectivity index (χ0) is 30.1. The van der Waals surface area contributed by atoms with Crippen LogP contribution in [0.25, 0.3) is 11.6 Å². The van der Waals surface area contributed by atoms with Crippen molar-refractivity contribution in [2.45, 2.75) is 45.0 Å². The summed E-state index contributed by atoms with van der Waals surface area (Å²) in [5, 5.41) is 21.1. The highest BCUT2D eigenvalue weighted by molar-refractivity contribution is 14.1. The van der Waals surface area contributed by atoms with Crippen molar-refractivity contribution in [1.29, 1.82) is 0 Å². The van der Waals surface area contributed by atoms with Crippen LogP contribution in [-0.4, -0.2) is 65.4 Å². The Morgan fingerprint density at radius 1 is 1.24 bits per heavy atom. The van der Waals surface area contributed by atoms with Gasteiger partial charge in [0, 0.05) is 6.20 Å². The molecule has 2 N–H and O–H groups in total. The molecule has 2 aromatic rings. The highest BCUT2D eigenvalue weighted by Gasteiger charge is 2.59. The fourth-order valence-electron chi connectivity index (χ4n) is 6.52. The number of carbonyl (C=O) groups is 3. The minimum Gasteiger partial charge on any atom is -0.504 e. The van der Waals surface area contributed by atoms with E-state index in [1.165, 1.54) is 7.11 Å². The number of amides is 3. The van der Waals surface area contributed by atoms with E-state index in [1.807, 2.05) is 37.3 Å². The van der Waals surface area contributed by atoms with E-state index in [0.29, 0.717) is 39.9 Å². The molecule has 2 aliphatic heterocycles. The van der Waals surface area contributed by atoms with Gasteiger partial charge in [0.1, 0.15) is 0 Å². The van der Waals surface area contributed by atoms with Crippen molar-refractivity contribution < 1.29 is 38.6 Å². The second kappa shape index (κ2) is 12.6. The highest BCUT2D eigenvalue weighted by Crippen LogP contribution is 2.51. The molecule has 0 radical (unpaired) electrons. The number of phenols is 1. The van der Waals surface area contributed by atoms with Crippen molar-refractivity contribution in [3.63, 3.8) is 0 Å². The number of ether oxygens (including phenoxy) is 2. The number of fused-ring (bicyclic) bond motifs is 3. The van der Waals surface area contributed by atoms with E-state index in [9.17, 15) is 24.5 Å². The van der Waals surface area contributed by atoms with Gasteiger partial charge in [0.15, 0.2) is 11.5 Å². The Hall–Kier alpha value is -3.23. The Morgan fingerprint density at radius 3 is 2.69 bits per heavy atom. The van der Waals surface area contributed by atoms with Crippen LogP contribution < -0.4 is 4.74 Å². The number of imide groups is 3. The van der Waals surface area contributed by atoms with Crippen molar-refractivity contribution in [2.75, 3.05) is 14.2 Å². The van der Waals surface area contributed by atoms with Crippen molar-refractivity contribution >= 4 is 59.3 Å². The van der Waals surface area contributed by atoms with E-state index in [0.717, 1.165) is 35.1 Å². The maximum absolute atomic E-state index is 13.4.